The minimum atomic E-state index is -1.28. The van der Waals surface area contributed by atoms with Crippen molar-refractivity contribution < 1.29 is 14.1 Å². The maximum atomic E-state index is 13.2. The molecule has 5 heteroatoms. The Hall–Kier alpha value is -2.92. The molecule has 0 saturated carbocycles. The number of amides is 1. The van der Waals surface area contributed by atoms with Crippen molar-refractivity contribution in [2.75, 3.05) is 12.4 Å². The van der Waals surface area contributed by atoms with E-state index in [1.165, 1.54) is 7.11 Å². The van der Waals surface area contributed by atoms with Gasteiger partial charge in [-0.1, -0.05) is 65.8 Å². The van der Waals surface area contributed by atoms with Crippen LogP contribution >= 0.6 is 0 Å². The number of carbonyl (C=O) groups is 1. The molecule has 0 fully saturated rings. The summed E-state index contributed by atoms with van der Waals surface area (Å²) in [6.07, 6.45) is 0. The molecular formula is C19H18N2O3. The van der Waals surface area contributed by atoms with Crippen molar-refractivity contribution in [2.24, 2.45) is 0 Å². The molecule has 24 heavy (non-hydrogen) atoms. The molecule has 3 aromatic rings. The van der Waals surface area contributed by atoms with E-state index in [1.54, 1.807) is 13.0 Å². The molecule has 1 amide bonds. The molecule has 0 aliphatic carbocycles. The van der Waals surface area contributed by atoms with Crippen LogP contribution in [0.25, 0.3) is 0 Å². The minimum Gasteiger partial charge on any atom is -0.360 e. The highest BCUT2D eigenvalue weighted by Gasteiger charge is 2.42. The van der Waals surface area contributed by atoms with E-state index in [9.17, 15) is 4.79 Å². The van der Waals surface area contributed by atoms with E-state index in [0.717, 1.165) is 11.1 Å². The molecule has 1 N–H and O–H groups in total. The van der Waals surface area contributed by atoms with Gasteiger partial charge in [-0.3, -0.25) is 4.79 Å². The molecular weight excluding hydrogens is 304 g/mol. The van der Waals surface area contributed by atoms with Gasteiger partial charge in [0.15, 0.2) is 11.4 Å². The second-order valence-electron chi connectivity index (χ2n) is 5.39. The zero-order valence-corrected chi connectivity index (χ0v) is 13.5. The highest BCUT2D eigenvalue weighted by Crippen LogP contribution is 2.34. The topological polar surface area (TPSA) is 64.4 Å². The van der Waals surface area contributed by atoms with Crippen LogP contribution in [-0.4, -0.2) is 18.2 Å². The number of benzene rings is 2. The van der Waals surface area contributed by atoms with E-state index in [2.05, 4.69) is 10.5 Å². The van der Waals surface area contributed by atoms with Crippen LogP contribution in [0.2, 0.25) is 0 Å². The molecule has 0 aliphatic heterocycles. The first-order valence-electron chi connectivity index (χ1n) is 7.58. The molecule has 1 aromatic heterocycles. The average molecular weight is 322 g/mol. The molecule has 0 atom stereocenters. The number of hydrogen-bond acceptors (Lipinski definition) is 4. The van der Waals surface area contributed by atoms with Gasteiger partial charge in [0.1, 0.15) is 5.76 Å². The predicted octanol–water partition coefficient (Wildman–Crippen LogP) is 3.51. The van der Waals surface area contributed by atoms with E-state index < -0.39 is 5.60 Å². The third-order valence-corrected chi connectivity index (χ3v) is 3.86. The standard InChI is InChI=1S/C19H18N2O3/c1-14-13-17(21-24-14)20-18(22)19(23-2,15-9-5-3-6-10-15)16-11-7-4-8-12-16/h3-13H,1-2H3,(H,20,21,22). The lowest BCUT2D eigenvalue weighted by atomic mass is 9.85. The summed E-state index contributed by atoms with van der Waals surface area (Å²) in [7, 11) is 1.52. The van der Waals surface area contributed by atoms with Gasteiger partial charge in [-0.25, -0.2) is 0 Å². The van der Waals surface area contributed by atoms with Crippen molar-refractivity contribution in [3.05, 3.63) is 83.6 Å². The minimum absolute atomic E-state index is 0.337. The molecule has 3 rings (SSSR count). The maximum Gasteiger partial charge on any atom is 0.267 e. The monoisotopic (exact) mass is 322 g/mol. The van der Waals surface area contributed by atoms with Crippen molar-refractivity contribution in [1.82, 2.24) is 5.16 Å². The van der Waals surface area contributed by atoms with Crippen LogP contribution in [-0.2, 0) is 15.1 Å². The van der Waals surface area contributed by atoms with Gasteiger partial charge in [0, 0.05) is 13.2 Å². The quantitative estimate of drug-likeness (QED) is 0.780. The predicted molar refractivity (Wildman–Crippen MR) is 90.5 cm³/mol. The zero-order chi connectivity index (χ0) is 17.0. The lowest BCUT2D eigenvalue weighted by Gasteiger charge is -2.31. The number of rotatable bonds is 5. The number of nitrogens with one attached hydrogen (secondary N) is 1. The maximum absolute atomic E-state index is 13.2. The Labute approximate surface area is 140 Å². The summed E-state index contributed by atoms with van der Waals surface area (Å²) < 4.78 is 10.8. The first kappa shape index (κ1) is 16.0. The van der Waals surface area contributed by atoms with Gasteiger partial charge in [0.05, 0.1) is 0 Å². The molecule has 122 valence electrons. The third kappa shape index (κ3) is 2.81. The Morgan fingerprint density at radius 1 is 1.04 bits per heavy atom. The second-order valence-corrected chi connectivity index (χ2v) is 5.39. The van der Waals surface area contributed by atoms with Crippen LogP contribution in [0.5, 0.6) is 0 Å². The Morgan fingerprint density at radius 2 is 1.58 bits per heavy atom. The summed E-state index contributed by atoms with van der Waals surface area (Å²) in [6, 6.07) is 20.4. The Kier molecular flexibility index (Phi) is 4.44. The summed E-state index contributed by atoms with van der Waals surface area (Å²) in [5, 5.41) is 6.61. The van der Waals surface area contributed by atoms with Crippen LogP contribution in [0, 0.1) is 6.92 Å². The highest BCUT2D eigenvalue weighted by atomic mass is 16.5. The van der Waals surface area contributed by atoms with E-state index in [-0.39, 0.29) is 5.91 Å². The number of carbonyl (C=O) groups excluding carboxylic acids is 1. The zero-order valence-electron chi connectivity index (χ0n) is 13.5. The van der Waals surface area contributed by atoms with Crippen LogP contribution < -0.4 is 5.32 Å². The Bertz CT molecular complexity index is 773. The fourth-order valence-corrected chi connectivity index (χ4v) is 2.73. The number of methoxy groups -OCH3 is 1. The van der Waals surface area contributed by atoms with E-state index in [4.69, 9.17) is 9.26 Å². The molecule has 0 aliphatic rings. The molecule has 0 unspecified atom stereocenters. The summed E-state index contributed by atoms with van der Waals surface area (Å²) in [6.45, 7) is 1.76. The smallest absolute Gasteiger partial charge is 0.267 e. The van der Waals surface area contributed by atoms with Crippen molar-refractivity contribution in [3.63, 3.8) is 0 Å². The fourth-order valence-electron chi connectivity index (χ4n) is 2.73. The number of nitrogens with zero attached hydrogens (tertiary/aromatic N) is 1. The van der Waals surface area contributed by atoms with Gasteiger partial charge >= 0.3 is 0 Å². The fraction of sp³-hybridized carbons (Fsp3) is 0.158. The van der Waals surface area contributed by atoms with Crippen molar-refractivity contribution >= 4 is 11.7 Å². The molecule has 0 spiro atoms. The van der Waals surface area contributed by atoms with Gasteiger partial charge in [-0.2, -0.15) is 0 Å². The van der Waals surface area contributed by atoms with Crippen LogP contribution in [0.1, 0.15) is 16.9 Å². The van der Waals surface area contributed by atoms with Gasteiger partial charge in [-0.05, 0) is 18.1 Å². The first-order chi connectivity index (χ1) is 11.7. The number of aromatic nitrogens is 1. The number of anilines is 1. The lowest BCUT2D eigenvalue weighted by molar-refractivity contribution is -0.134. The molecule has 0 bridgehead atoms. The van der Waals surface area contributed by atoms with Gasteiger partial charge < -0.3 is 14.6 Å². The molecule has 0 radical (unpaired) electrons. The average Bonchev–Trinajstić information content (AvgIpc) is 3.03. The summed E-state index contributed by atoms with van der Waals surface area (Å²) >= 11 is 0. The SMILES string of the molecule is COC(C(=O)Nc1cc(C)on1)(c1ccccc1)c1ccccc1. The van der Waals surface area contributed by atoms with Crippen molar-refractivity contribution in [2.45, 2.75) is 12.5 Å². The normalized spacial score (nSPS) is 11.2. The Balaban J connectivity index is 2.09. The molecule has 1 heterocycles. The molecule has 0 saturated heterocycles. The summed E-state index contributed by atoms with van der Waals surface area (Å²) in [4.78, 5) is 13.2. The Morgan fingerprint density at radius 3 is 2.00 bits per heavy atom. The van der Waals surface area contributed by atoms with Crippen LogP contribution in [0.3, 0.4) is 0 Å². The number of aryl methyl sites for hydroxylation is 1. The van der Waals surface area contributed by atoms with Crippen molar-refractivity contribution in [1.29, 1.82) is 0 Å². The largest absolute Gasteiger partial charge is 0.360 e. The van der Waals surface area contributed by atoms with Gasteiger partial charge in [0.25, 0.3) is 5.91 Å². The third-order valence-electron chi connectivity index (χ3n) is 3.86. The first-order valence-corrected chi connectivity index (χ1v) is 7.58. The molecule has 5 nitrogen and oxygen atoms in total. The summed E-state index contributed by atoms with van der Waals surface area (Å²) in [5.74, 6) is 0.634. The number of hydrogen-bond donors (Lipinski definition) is 1. The van der Waals surface area contributed by atoms with Crippen LogP contribution in [0.4, 0.5) is 5.82 Å². The van der Waals surface area contributed by atoms with Gasteiger partial charge in [-0.15, -0.1) is 0 Å². The van der Waals surface area contributed by atoms with E-state index >= 15 is 0 Å². The van der Waals surface area contributed by atoms with E-state index in [1.807, 2.05) is 60.7 Å². The van der Waals surface area contributed by atoms with Gasteiger partial charge in [0.2, 0.25) is 0 Å². The molecule has 2 aromatic carbocycles. The van der Waals surface area contributed by atoms with Crippen LogP contribution in [0.15, 0.2) is 71.3 Å². The van der Waals surface area contributed by atoms with E-state index in [0.29, 0.717) is 11.6 Å². The lowest BCUT2D eigenvalue weighted by Crippen LogP contribution is -2.43. The number of ether oxygens (including phenoxy) is 1. The second kappa shape index (κ2) is 6.68. The summed E-state index contributed by atoms with van der Waals surface area (Å²) in [5.41, 5.74) is 0.183. The van der Waals surface area contributed by atoms with Crippen molar-refractivity contribution in [3.8, 4) is 0 Å². The highest BCUT2D eigenvalue weighted by molar-refractivity contribution is 6.00.